The van der Waals surface area contributed by atoms with Gasteiger partial charge in [-0.25, -0.2) is 8.42 Å². The summed E-state index contributed by atoms with van der Waals surface area (Å²) < 4.78 is 30.1. The number of hydrogen-bond acceptors (Lipinski definition) is 4. The minimum Gasteiger partial charge on any atom is -0.334 e. The van der Waals surface area contributed by atoms with Crippen LogP contribution in [0, 0.1) is 13.8 Å². The first-order chi connectivity index (χ1) is 16.7. The molecule has 1 fully saturated rings. The normalized spacial score (nSPS) is 17.2. The Morgan fingerprint density at radius 2 is 1.77 bits per heavy atom. The van der Waals surface area contributed by atoms with Gasteiger partial charge in [0.2, 0.25) is 10.0 Å². The van der Waals surface area contributed by atoms with E-state index in [0.29, 0.717) is 30.2 Å². The van der Waals surface area contributed by atoms with Gasteiger partial charge in [0.1, 0.15) is 10.5 Å². The number of aromatic nitrogens is 1. The molecule has 0 bridgehead atoms. The maximum absolute atomic E-state index is 13.7. The quantitative estimate of drug-likeness (QED) is 0.386. The number of carbonyl (C=O) groups excluding carboxylic acids is 1. The van der Waals surface area contributed by atoms with E-state index in [0.717, 1.165) is 21.3 Å². The van der Waals surface area contributed by atoms with Crippen molar-refractivity contribution in [3.8, 4) is 0 Å². The number of rotatable bonds is 5. The second-order valence-corrected chi connectivity index (χ2v) is 12.1. The molecule has 182 valence electrons. The smallest absolute Gasteiger partial charge is 0.270 e. The average molecular weight is 508 g/mol. The molecule has 2 aromatic heterocycles. The lowest BCUT2D eigenvalue weighted by molar-refractivity contribution is 0.0632. The number of aryl methyl sites for hydroxylation is 2. The molecule has 1 atom stereocenters. The van der Waals surface area contributed by atoms with E-state index in [2.05, 4.69) is 29.7 Å². The van der Waals surface area contributed by atoms with Crippen molar-refractivity contribution in [2.45, 2.75) is 38.3 Å². The number of piperazine rings is 1. The summed E-state index contributed by atoms with van der Waals surface area (Å²) in [5.74, 6) is -0.0553. The zero-order chi connectivity index (χ0) is 24.7. The van der Waals surface area contributed by atoms with Gasteiger partial charge in [0.25, 0.3) is 5.91 Å². The zero-order valence-electron chi connectivity index (χ0n) is 20.1. The summed E-state index contributed by atoms with van der Waals surface area (Å²) in [6.45, 7) is 7.47. The monoisotopic (exact) mass is 507 g/mol. The number of hydrogen-bond donors (Lipinski definition) is 0. The lowest BCUT2D eigenvalue weighted by Crippen LogP contribution is -2.55. The van der Waals surface area contributed by atoms with Crippen molar-refractivity contribution in [3.05, 3.63) is 88.4 Å². The van der Waals surface area contributed by atoms with Crippen LogP contribution < -0.4 is 0 Å². The first-order valence-corrected chi connectivity index (χ1v) is 14.1. The first-order valence-electron chi connectivity index (χ1n) is 11.7. The van der Waals surface area contributed by atoms with Crippen LogP contribution >= 0.6 is 11.3 Å². The Bertz CT molecular complexity index is 1490. The topological polar surface area (TPSA) is 62.6 Å². The molecule has 1 saturated heterocycles. The molecule has 0 N–H and O–H groups in total. The number of fused-ring (bicyclic) bond motifs is 1. The van der Waals surface area contributed by atoms with Crippen LogP contribution in [0.25, 0.3) is 10.2 Å². The van der Waals surface area contributed by atoms with Crippen molar-refractivity contribution in [2.75, 3.05) is 19.6 Å². The number of carbonyl (C=O) groups is 1. The van der Waals surface area contributed by atoms with E-state index in [1.807, 2.05) is 49.6 Å². The fraction of sp³-hybridized carbons (Fsp3) is 0.296. The zero-order valence-corrected chi connectivity index (χ0v) is 21.8. The lowest BCUT2D eigenvalue weighted by Gasteiger charge is -2.39. The molecule has 0 radical (unpaired) electrons. The number of thiophene rings is 1. The van der Waals surface area contributed by atoms with Gasteiger partial charge < -0.3 is 9.47 Å². The molecule has 1 aliphatic heterocycles. The fourth-order valence-corrected chi connectivity index (χ4v) is 7.30. The Hall–Kier alpha value is -2.94. The first kappa shape index (κ1) is 23.8. The highest BCUT2D eigenvalue weighted by molar-refractivity contribution is 7.89. The van der Waals surface area contributed by atoms with Crippen LogP contribution in [0.2, 0.25) is 0 Å². The molecule has 2 aromatic carbocycles. The molecule has 35 heavy (non-hydrogen) atoms. The van der Waals surface area contributed by atoms with Gasteiger partial charge in [0.05, 0.1) is 4.90 Å². The molecule has 5 rings (SSSR count). The third-order valence-electron chi connectivity index (χ3n) is 6.63. The Balaban J connectivity index is 1.39. The largest absolute Gasteiger partial charge is 0.334 e. The van der Waals surface area contributed by atoms with Crippen LogP contribution in [-0.4, -0.2) is 53.8 Å². The van der Waals surface area contributed by atoms with Crippen molar-refractivity contribution < 1.29 is 13.2 Å². The van der Waals surface area contributed by atoms with Crippen LogP contribution in [0.4, 0.5) is 0 Å². The lowest BCUT2D eigenvalue weighted by atomic mass is 10.1. The second-order valence-electron chi connectivity index (χ2n) is 9.31. The summed E-state index contributed by atoms with van der Waals surface area (Å²) >= 11 is 1.63. The van der Waals surface area contributed by atoms with Crippen molar-refractivity contribution in [1.82, 2.24) is 13.8 Å². The number of amides is 1. The van der Waals surface area contributed by atoms with E-state index in [9.17, 15) is 13.2 Å². The van der Waals surface area contributed by atoms with E-state index in [4.69, 9.17) is 0 Å². The predicted octanol–water partition coefficient (Wildman–Crippen LogP) is 4.90. The van der Waals surface area contributed by atoms with Gasteiger partial charge in [-0.05, 0) is 56.0 Å². The highest BCUT2D eigenvalue weighted by Gasteiger charge is 2.36. The van der Waals surface area contributed by atoms with Gasteiger partial charge in [0, 0.05) is 37.6 Å². The summed E-state index contributed by atoms with van der Waals surface area (Å²) in [7, 11) is -3.61. The molecule has 1 amide bonds. The average Bonchev–Trinajstić information content (AvgIpc) is 3.41. The molecule has 0 saturated carbocycles. The molecular formula is C27H29N3O3S2. The van der Waals surface area contributed by atoms with E-state index in [-0.39, 0.29) is 18.5 Å². The maximum atomic E-state index is 13.7. The van der Waals surface area contributed by atoms with Gasteiger partial charge in [-0.1, -0.05) is 47.5 Å². The minimum atomic E-state index is -3.61. The summed E-state index contributed by atoms with van der Waals surface area (Å²) in [5, 5.41) is 3.10. The Morgan fingerprint density at radius 3 is 2.49 bits per heavy atom. The van der Waals surface area contributed by atoms with E-state index >= 15 is 0 Å². The van der Waals surface area contributed by atoms with Gasteiger partial charge in [-0.15, -0.1) is 11.3 Å². The molecule has 6 nitrogen and oxygen atoms in total. The molecule has 0 unspecified atom stereocenters. The highest BCUT2D eigenvalue weighted by Crippen LogP contribution is 2.29. The van der Waals surface area contributed by atoms with Crippen LogP contribution in [0.5, 0.6) is 0 Å². The second kappa shape index (κ2) is 9.26. The summed E-state index contributed by atoms with van der Waals surface area (Å²) in [5.41, 5.74) is 3.99. The SMILES string of the molecule is Cc1ccc(S(=O)(=O)N2CCN(C(=O)c3cc4ccsc4n3Cc3cccc(C)c3)C[C@@H]2C)cc1. The Kier molecular flexibility index (Phi) is 6.29. The maximum Gasteiger partial charge on any atom is 0.270 e. The van der Waals surface area contributed by atoms with Crippen LogP contribution in [-0.2, 0) is 16.6 Å². The third-order valence-corrected chi connectivity index (χ3v) is 9.61. The Labute approximate surface area is 210 Å². The standard InChI is InChI=1S/C27H29N3O3S2/c1-19-7-9-24(10-8-19)35(32,33)30-13-12-28(17-21(30)3)26(31)25-16-23-11-14-34-27(23)29(25)18-22-6-4-5-20(2)15-22/h4-11,14-16,21H,12-13,17-18H2,1-3H3/t21-/m0/s1. The van der Waals surface area contributed by atoms with Gasteiger partial charge in [-0.2, -0.15) is 4.31 Å². The van der Waals surface area contributed by atoms with Crippen molar-refractivity contribution in [2.24, 2.45) is 0 Å². The summed E-state index contributed by atoms with van der Waals surface area (Å²) in [6.07, 6.45) is 0. The van der Waals surface area contributed by atoms with Crippen molar-refractivity contribution in [3.63, 3.8) is 0 Å². The predicted molar refractivity (Wildman–Crippen MR) is 141 cm³/mol. The summed E-state index contributed by atoms with van der Waals surface area (Å²) in [4.78, 5) is 16.9. The molecule has 0 aliphatic carbocycles. The minimum absolute atomic E-state index is 0.0553. The molecule has 4 aromatic rings. The molecule has 0 spiro atoms. The number of benzene rings is 2. The van der Waals surface area contributed by atoms with Crippen molar-refractivity contribution in [1.29, 1.82) is 0 Å². The van der Waals surface area contributed by atoms with Crippen LogP contribution in [0.3, 0.4) is 0 Å². The third kappa shape index (κ3) is 4.53. The van der Waals surface area contributed by atoms with Gasteiger partial charge in [0.15, 0.2) is 0 Å². The fourth-order valence-electron chi connectivity index (χ4n) is 4.79. The van der Waals surface area contributed by atoms with Gasteiger partial charge >= 0.3 is 0 Å². The van der Waals surface area contributed by atoms with Crippen LogP contribution in [0.15, 0.2) is 70.9 Å². The van der Waals surface area contributed by atoms with Crippen molar-refractivity contribution >= 4 is 37.5 Å². The molecule has 3 heterocycles. The van der Waals surface area contributed by atoms with E-state index < -0.39 is 10.0 Å². The van der Waals surface area contributed by atoms with Gasteiger partial charge in [-0.3, -0.25) is 4.79 Å². The molecule has 8 heteroatoms. The van der Waals surface area contributed by atoms with Crippen LogP contribution in [0.1, 0.15) is 34.1 Å². The number of sulfonamides is 1. The Morgan fingerprint density at radius 1 is 1.00 bits per heavy atom. The van der Waals surface area contributed by atoms with E-state index in [1.54, 1.807) is 28.4 Å². The van der Waals surface area contributed by atoms with E-state index in [1.165, 1.54) is 9.87 Å². The molecular weight excluding hydrogens is 478 g/mol. The molecule has 1 aliphatic rings. The summed E-state index contributed by atoms with van der Waals surface area (Å²) in [6, 6.07) is 18.9. The highest BCUT2D eigenvalue weighted by atomic mass is 32.2. The number of nitrogens with zero attached hydrogens (tertiary/aromatic N) is 3.